The third-order valence-electron chi connectivity index (χ3n) is 6.80. The van der Waals surface area contributed by atoms with Gasteiger partial charge in [-0.2, -0.15) is 0 Å². The van der Waals surface area contributed by atoms with E-state index in [1.165, 1.54) is 43.2 Å². The van der Waals surface area contributed by atoms with Crippen LogP contribution in [0, 0.1) is 23.7 Å². The fourth-order valence-electron chi connectivity index (χ4n) is 5.86. The van der Waals surface area contributed by atoms with E-state index < -0.39 is 0 Å². The minimum absolute atomic E-state index is 0.568. The highest BCUT2D eigenvalue weighted by Gasteiger charge is 2.65. The third kappa shape index (κ3) is 1.81. The quantitative estimate of drug-likeness (QED) is 0.913. The Labute approximate surface area is 127 Å². The monoisotopic (exact) mass is 283 g/mol. The van der Waals surface area contributed by atoms with Crippen molar-refractivity contribution < 1.29 is 4.74 Å². The van der Waals surface area contributed by atoms with Crippen LogP contribution in [0.25, 0.3) is 0 Å². The van der Waals surface area contributed by atoms with Gasteiger partial charge >= 0.3 is 0 Å². The Morgan fingerprint density at radius 2 is 1.90 bits per heavy atom. The van der Waals surface area contributed by atoms with Gasteiger partial charge in [0.2, 0.25) is 0 Å². The van der Waals surface area contributed by atoms with Crippen molar-refractivity contribution in [1.29, 1.82) is 0 Å². The standard InChI is InChI=1S/C19H25NO/c1-21-14-8-7-11-3-2-4-16(15(11)10-14)20-19-17-12-5-6-13(9-12)18(17)19/h7-8,10,12-13,16-20H,2-6,9H2,1H3. The Kier molecular flexibility index (Phi) is 2.67. The molecule has 3 fully saturated rings. The van der Waals surface area contributed by atoms with E-state index in [-0.39, 0.29) is 0 Å². The second-order valence-electron chi connectivity index (χ2n) is 7.69. The SMILES string of the molecule is COc1ccc2c(c1)C(NC1C3C4CCC(C4)C13)CCC2. The lowest BCUT2D eigenvalue weighted by atomic mass is 9.87. The lowest BCUT2D eigenvalue weighted by Crippen LogP contribution is -2.30. The van der Waals surface area contributed by atoms with E-state index in [0.717, 1.165) is 35.5 Å². The summed E-state index contributed by atoms with van der Waals surface area (Å²) in [5.74, 6) is 5.19. The van der Waals surface area contributed by atoms with E-state index in [1.54, 1.807) is 13.5 Å². The lowest BCUT2D eigenvalue weighted by Gasteiger charge is -2.28. The molecule has 4 aliphatic carbocycles. The molecule has 21 heavy (non-hydrogen) atoms. The van der Waals surface area contributed by atoms with E-state index in [2.05, 4.69) is 23.5 Å². The zero-order valence-electron chi connectivity index (χ0n) is 12.8. The maximum absolute atomic E-state index is 5.44. The molecular formula is C19H25NO. The van der Waals surface area contributed by atoms with E-state index in [4.69, 9.17) is 4.74 Å². The maximum atomic E-state index is 5.44. The highest BCUT2D eigenvalue weighted by Crippen LogP contribution is 2.66. The molecule has 0 aliphatic heterocycles. The van der Waals surface area contributed by atoms with Crippen molar-refractivity contribution in [2.24, 2.45) is 23.7 Å². The average molecular weight is 283 g/mol. The van der Waals surface area contributed by atoms with E-state index >= 15 is 0 Å². The van der Waals surface area contributed by atoms with Gasteiger partial charge in [-0.1, -0.05) is 6.07 Å². The fraction of sp³-hybridized carbons (Fsp3) is 0.684. The highest BCUT2D eigenvalue weighted by atomic mass is 16.5. The molecular weight excluding hydrogens is 258 g/mol. The Balaban J connectivity index is 1.37. The molecule has 1 aromatic carbocycles. The molecule has 0 heterocycles. The van der Waals surface area contributed by atoms with Crippen LogP contribution in [0.1, 0.15) is 49.3 Å². The molecule has 5 atom stereocenters. The molecule has 2 nitrogen and oxygen atoms in total. The van der Waals surface area contributed by atoms with Crippen molar-refractivity contribution in [3.05, 3.63) is 29.3 Å². The molecule has 112 valence electrons. The Morgan fingerprint density at radius 1 is 1.10 bits per heavy atom. The van der Waals surface area contributed by atoms with E-state index in [9.17, 15) is 0 Å². The summed E-state index contributed by atoms with van der Waals surface area (Å²) in [6.07, 6.45) is 8.43. The summed E-state index contributed by atoms with van der Waals surface area (Å²) >= 11 is 0. The second kappa shape index (κ2) is 4.49. The predicted molar refractivity (Wildman–Crippen MR) is 83.4 cm³/mol. The second-order valence-corrected chi connectivity index (χ2v) is 7.69. The maximum Gasteiger partial charge on any atom is 0.119 e. The summed E-state index contributed by atoms with van der Waals surface area (Å²) in [6, 6.07) is 8.07. The van der Waals surface area contributed by atoms with Gasteiger partial charge in [0.05, 0.1) is 7.11 Å². The van der Waals surface area contributed by atoms with Gasteiger partial charge in [0, 0.05) is 12.1 Å². The van der Waals surface area contributed by atoms with Crippen LogP contribution in [0.5, 0.6) is 5.75 Å². The van der Waals surface area contributed by atoms with Crippen molar-refractivity contribution in [2.75, 3.05) is 7.11 Å². The van der Waals surface area contributed by atoms with Crippen LogP contribution in [-0.4, -0.2) is 13.2 Å². The average Bonchev–Trinajstić information content (AvgIpc) is 2.92. The third-order valence-corrected chi connectivity index (χ3v) is 6.80. The molecule has 5 unspecified atom stereocenters. The number of benzene rings is 1. The number of hydrogen-bond acceptors (Lipinski definition) is 2. The van der Waals surface area contributed by atoms with E-state index in [1.807, 2.05) is 0 Å². The van der Waals surface area contributed by atoms with Crippen LogP contribution < -0.4 is 10.1 Å². The van der Waals surface area contributed by atoms with Crippen LogP contribution >= 0.6 is 0 Å². The number of rotatable bonds is 3. The zero-order valence-corrected chi connectivity index (χ0v) is 12.8. The van der Waals surface area contributed by atoms with Gasteiger partial charge in [-0.15, -0.1) is 0 Å². The summed E-state index contributed by atoms with van der Waals surface area (Å²) in [4.78, 5) is 0. The predicted octanol–water partition coefficient (Wildman–Crippen LogP) is 3.71. The summed E-state index contributed by atoms with van der Waals surface area (Å²) in [6.45, 7) is 0. The Morgan fingerprint density at radius 3 is 2.67 bits per heavy atom. The van der Waals surface area contributed by atoms with Crippen LogP contribution in [0.3, 0.4) is 0 Å². The lowest BCUT2D eigenvalue weighted by molar-refractivity contribution is 0.386. The van der Waals surface area contributed by atoms with Crippen molar-refractivity contribution in [3.8, 4) is 5.75 Å². The normalized spacial score (nSPS) is 42.5. The van der Waals surface area contributed by atoms with Crippen LogP contribution in [0.4, 0.5) is 0 Å². The Hall–Kier alpha value is -1.02. The molecule has 0 spiro atoms. The number of fused-ring (bicyclic) bond motifs is 6. The van der Waals surface area contributed by atoms with Gasteiger partial charge in [-0.05, 0) is 85.5 Å². The van der Waals surface area contributed by atoms with Gasteiger partial charge in [0.25, 0.3) is 0 Å². The highest BCUT2D eigenvalue weighted by molar-refractivity contribution is 5.39. The first-order valence-electron chi connectivity index (χ1n) is 8.78. The smallest absolute Gasteiger partial charge is 0.119 e. The topological polar surface area (TPSA) is 21.3 Å². The number of aryl methyl sites for hydroxylation is 1. The van der Waals surface area contributed by atoms with Crippen molar-refractivity contribution >= 4 is 0 Å². The molecule has 4 aliphatic rings. The molecule has 2 heteroatoms. The Bertz CT molecular complexity index is 553. The molecule has 0 aromatic heterocycles. The minimum atomic E-state index is 0.568. The van der Waals surface area contributed by atoms with E-state index in [0.29, 0.717) is 6.04 Å². The van der Waals surface area contributed by atoms with Gasteiger partial charge in [0.1, 0.15) is 5.75 Å². The molecule has 0 amide bonds. The zero-order chi connectivity index (χ0) is 14.0. The van der Waals surface area contributed by atoms with Crippen molar-refractivity contribution in [2.45, 2.75) is 50.6 Å². The largest absolute Gasteiger partial charge is 0.497 e. The van der Waals surface area contributed by atoms with Gasteiger partial charge in [-0.25, -0.2) is 0 Å². The summed E-state index contributed by atoms with van der Waals surface area (Å²) in [7, 11) is 1.77. The number of nitrogens with one attached hydrogen (secondary N) is 1. The number of methoxy groups -OCH3 is 1. The molecule has 2 bridgehead atoms. The number of hydrogen-bond donors (Lipinski definition) is 1. The first-order valence-corrected chi connectivity index (χ1v) is 8.78. The molecule has 0 radical (unpaired) electrons. The van der Waals surface area contributed by atoms with Crippen LogP contribution in [0.2, 0.25) is 0 Å². The summed E-state index contributed by atoms with van der Waals surface area (Å²) in [5, 5.41) is 4.05. The van der Waals surface area contributed by atoms with Gasteiger partial charge < -0.3 is 10.1 Å². The van der Waals surface area contributed by atoms with Crippen molar-refractivity contribution in [1.82, 2.24) is 5.32 Å². The fourth-order valence-corrected chi connectivity index (χ4v) is 5.86. The van der Waals surface area contributed by atoms with Crippen LogP contribution in [0.15, 0.2) is 18.2 Å². The summed E-state index contributed by atoms with van der Waals surface area (Å²) < 4.78 is 5.44. The van der Waals surface area contributed by atoms with Gasteiger partial charge in [-0.3, -0.25) is 0 Å². The molecule has 5 rings (SSSR count). The molecule has 0 saturated heterocycles. The van der Waals surface area contributed by atoms with Gasteiger partial charge in [0.15, 0.2) is 0 Å². The summed E-state index contributed by atoms with van der Waals surface area (Å²) in [5.41, 5.74) is 3.05. The number of ether oxygens (including phenoxy) is 1. The molecule has 3 saturated carbocycles. The van der Waals surface area contributed by atoms with Crippen LogP contribution in [-0.2, 0) is 6.42 Å². The first kappa shape index (κ1) is 12.5. The minimum Gasteiger partial charge on any atom is -0.497 e. The molecule has 1 aromatic rings. The molecule has 1 N–H and O–H groups in total. The van der Waals surface area contributed by atoms with Crippen molar-refractivity contribution in [3.63, 3.8) is 0 Å². The first-order chi connectivity index (χ1) is 10.3.